The molecule has 1 nitrogen and oxygen atoms in total. The molecule has 0 fully saturated rings. The molecule has 0 aliphatic carbocycles. The second-order valence-corrected chi connectivity index (χ2v) is 2.19. The smallest absolute Gasteiger partial charge is 0.152 e. The van der Waals surface area contributed by atoms with Gasteiger partial charge in [-0.1, -0.05) is 31.6 Å². The number of unbranched alkanes of at least 4 members (excludes halogenated alkanes) is 1. The van der Waals surface area contributed by atoms with Crippen LogP contribution in [0.5, 0.6) is 0 Å². The number of rotatable bonds is 4. The van der Waals surface area contributed by atoms with Gasteiger partial charge in [-0.15, -0.1) is 0 Å². The van der Waals surface area contributed by atoms with E-state index in [2.05, 4.69) is 13.0 Å². The molecule has 0 unspecified atom stereocenters. The summed E-state index contributed by atoms with van der Waals surface area (Å²) in [6.07, 6.45) is 9.54. The van der Waals surface area contributed by atoms with Crippen molar-refractivity contribution in [3.05, 3.63) is 24.3 Å². The molecule has 56 valence electrons. The Morgan fingerprint density at radius 3 is 2.60 bits per heavy atom. The highest BCUT2D eigenvalue weighted by molar-refractivity contribution is 5.87. The SMILES string of the molecule is CCC/C=C/C=C/C(C)=O. The monoisotopic (exact) mass is 138 g/mol. The predicted octanol–water partition coefficient (Wildman–Crippen LogP) is 2.49. The van der Waals surface area contributed by atoms with Crippen molar-refractivity contribution in [2.75, 3.05) is 0 Å². The van der Waals surface area contributed by atoms with E-state index in [-0.39, 0.29) is 5.78 Å². The fourth-order valence-corrected chi connectivity index (χ4v) is 0.533. The van der Waals surface area contributed by atoms with Crippen LogP contribution in [0.2, 0.25) is 0 Å². The third-order valence-corrected chi connectivity index (χ3v) is 1.03. The number of carbonyl (C=O) groups excluding carboxylic acids is 1. The minimum absolute atomic E-state index is 0.0983. The van der Waals surface area contributed by atoms with Crippen LogP contribution >= 0.6 is 0 Å². The second kappa shape index (κ2) is 6.27. The van der Waals surface area contributed by atoms with Gasteiger partial charge in [0.05, 0.1) is 0 Å². The van der Waals surface area contributed by atoms with Crippen molar-refractivity contribution < 1.29 is 4.79 Å². The van der Waals surface area contributed by atoms with Crippen molar-refractivity contribution in [2.45, 2.75) is 26.7 Å². The van der Waals surface area contributed by atoms with Gasteiger partial charge in [-0.25, -0.2) is 0 Å². The molecule has 0 aliphatic heterocycles. The first-order valence-electron chi connectivity index (χ1n) is 3.61. The molecule has 0 aromatic rings. The maximum Gasteiger partial charge on any atom is 0.152 e. The zero-order chi connectivity index (χ0) is 7.82. The molecule has 0 aliphatic rings. The lowest BCUT2D eigenvalue weighted by Gasteiger charge is -1.79. The fourth-order valence-electron chi connectivity index (χ4n) is 0.533. The minimum Gasteiger partial charge on any atom is -0.295 e. The van der Waals surface area contributed by atoms with Crippen LogP contribution in [0.3, 0.4) is 0 Å². The van der Waals surface area contributed by atoms with Gasteiger partial charge in [0.25, 0.3) is 0 Å². The quantitative estimate of drug-likeness (QED) is 0.431. The van der Waals surface area contributed by atoms with Crippen LogP contribution < -0.4 is 0 Å². The molecule has 0 heterocycles. The Balaban J connectivity index is 3.42. The molecule has 0 aromatic heterocycles. The lowest BCUT2D eigenvalue weighted by atomic mass is 10.3. The van der Waals surface area contributed by atoms with Gasteiger partial charge in [-0.05, 0) is 19.4 Å². The normalized spacial score (nSPS) is 11.4. The molecule has 0 atom stereocenters. The molecule has 0 radical (unpaired) electrons. The van der Waals surface area contributed by atoms with Crippen LogP contribution in [0.15, 0.2) is 24.3 Å². The first kappa shape index (κ1) is 9.15. The number of ketones is 1. The Hall–Kier alpha value is -0.850. The molecule has 0 N–H and O–H groups in total. The van der Waals surface area contributed by atoms with Crippen LogP contribution in [0.4, 0.5) is 0 Å². The average molecular weight is 138 g/mol. The molecule has 0 saturated carbocycles. The summed E-state index contributed by atoms with van der Waals surface area (Å²) in [5.41, 5.74) is 0. The van der Waals surface area contributed by atoms with Crippen molar-refractivity contribution in [3.63, 3.8) is 0 Å². The van der Waals surface area contributed by atoms with Gasteiger partial charge < -0.3 is 0 Å². The van der Waals surface area contributed by atoms with Crippen molar-refractivity contribution in [1.82, 2.24) is 0 Å². The first-order valence-corrected chi connectivity index (χ1v) is 3.61. The Morgan fingerprint density at radius 1 is 1.40 bits per heavy atom. The summed E-state index contributed by atoms with van der Waals surface area (Å²) in [5, 5.41) is 0. The highest BCUT2D eigenvalue weighted by atomic mass is 16.1. The van der Waals surface area contributed by atoms with Crippen molar-refractivity contribution in [3.8, 4) is 0 Å². The summed E-state index contributed by atoms with van der Waals surface area (Å²) < 4.78 is 0. The van der Waals surface area contributed by atoms with Gasteiger partial charge >= 0.3 is 0 Å². The molecule has 0 amide bonds. The van der Waals surface area contributed by atoms with Crippen LogP contribution in [0.25, 0.3) is 0 Å². The highest BCUT2D eigenvalue weighted by Crippen LogP contribution is 1.88. The Labute approximate surface area is 62.4 Å². The van der Waals surface area contributed by atoms with Gasteiger partial charge in [-0.3, -0.25) is 4.79 Å². The van der Waals surface area contributed by atoms with E-state index in [1.165, 1.54) is 0 Å². The molecule has 10 heavy (non-hydrogen) atoms. The Morgan fingerprint density at radius 2 is 2.10 bits per heavy atom. The Kier molecular flexibility index (Phi) is 5.74. The third kappa shape index (κ3) is 7.15. The number of hydrogen-bond acceptors (Lipinski definition) is 1. The van der Waals surface area contributed by atoms with Crippen LogP contribution in [-0.2, 0) is 4.79 Å². The zero-order valence-corrected chi connectivity index (χ0v) is 6.63. The van der Waals surface area contributed by atoms with Crippen molar-refractivity contribution in [1.29, 1.82) is 0 Å². The summed E-state index contributed by atoms with van der Waals surface area (Å²) in [4.78, 5) is 10.4. The largest absolute Gasteiger partial charge is 0.295 e. The van der Waals surface area contributed by atoms with Crippen LogP contribution in [0.1, 0.15) is 26.7 Å². The van der Waals surface area contributed by atoms with Crippen LogP contribution in [-0.4, -0.2) is 5.78 Å². The summed E-state index contributed by atoms with van der Waals surface area (Å²) in [5.74, 6) is 0.0983. The summed E-state index contributed by atoms with van der Waals surface area (Å²) >= 11 is 0. The summed E-state index contributed by atoms with van der Waals surface area (Å²) in [7, 11) is 0. The third-order valence-electron chi connectivity index (χ3n) is 1.03. The van der Waals surface area contributed by atoms with Gasteiger partial charge in [0.2, 0.25) is 0 Å². The fraction of sp³-hybridized carbons (Fsp3) is 0.444. The number of hydrogen-bond donors (Lipinski definition) is 0. The van der Waals surface area contributed by atoms with E-state index in [9.17, 15) is 4.79 Å². The topological polar surface area (TPSA) is 17.1 Å². The summed E-state index contributed by atoms with van der Waals surface area (Å²) in [6, 6.07) is 0. The molecule has 0 aromatic carbocycles. The molecule has 0 rings (SSSR count). The van der Waals surface area contributed by atoms with E-state index in [1.807, 2.05) is 6.08 Å². The molecule has 0 spiro atoms. The van der Waals surface area contributed by atoms with E-state index in [0.29, 0.717) is 0 Å². The van der Waals surface area contributed by atoms with Gasteiger partial charge in [0.15, 0.2) is 5.78 Å². The standard InChI is InChI=1S/C9H14O/c1-3-4-5-6-7-8-9(2)10/h5-8H,3-4H2,1-2H3/b6-5+,8-7+. The lowest BCUT2D eigenvalue weighted by molar-refractivity contribution is -0.112. The predicted molar refractivity (Wildman–Crippen MR) is 43.9 cm³/mol. The van der Waals surface area contributed by atoms with Gasteiger partial charge in [-0.2, -0.15) is 0 Å². The van der Waals surface area contributed by atoms with Crippen LogP contribution in [0, 0.1) is 0 Å². The van der Waals surface area contributed by atoms with E-state index in [1.54, 1.807) is 19.1 Å². The van der Waals surface area contributed by atoms with Gasteiger partial charge in [0, 0.05) is 0 Å². The maximum absolute atomic E-state index is 10.4. The van der Waals surface area contributed by atoms with Crippen molar-refractivity contribution in [2.24, 2.45) is 0 Å². The molecular weight excluding hydrogens is 124 g/mol. The molecule has 1 heteroatoms. The van der Waals surface area contributed by atoms with Crippen molar-refractivity contribution >= 4 is 5.78 Å². The second-order valence-electron chi connectivity index (χ2n) is 2.19. The molecule has 0 bridgehead atoms. The number of carbonyl (C=O) groups is 1. The first-order chi connectivity index (χ1) is 4.77. The molecule has 0 saturated heterocycles. The van der Waals surface area contributed by atoms with E-state index >= 15 is 0 Å². The van der Waals surface area contributed by atoms with Gasteiger partial charge in [0.1, 0.15) is 0 Å². The zero-order valence-electron chi connectivity index (χ0n) is 6.63. The number of allylic oxidation sites excluding steroid dienone is 4. The average Bonchev–Trinajstić information content (AvgIpc) is 1.87. The lowest BCUT2D eigenvalue weighted by Crippen LogP contribution is -1.77. The highest BCUT2D eigenvalue weighted by Gasteiger charge is 1.76. The Bertz CT molecular complexity index is 143. The van der Waals surface area contributed by atoms with E-state index in [0.717, 1.165) is 12.8 Å². The van der Waals surface area contributed by atoms with E-state index in [4.69, 9.17) is 0 Å². The minimum atomic E-state index is 0.0983. The summed E-state index contributed by atoms with van der Waals surface area (Å²) in [6.45, 7) is 3.67. The van der Waals surface area contributed by atoms with E-state index < -0.39 is 0 Å². The molecular formula is C9H14O. The maximum atomic E-state index is 10.4.